The average molecular weight is 347 g/mol. The van der Waals surface area contributed by atoms with Gasteiger partial charge in [-0.3, -0.25) is 0 Å². The molecule has 1 amide bonds. The van der Waals surface area contributed by atoms with Crippen molar-refractivity contribution in [1.82, 2.24) is 15.5 Å². The van der Waals surface area contributed by atoms with E-state index in [1.165, 1.54) is 6.92 Å². The van der Waals surface area contributed by atoms with Gasteiger partial charge in [-0.05, 0) is 33.6 Å². The fourth-order valence-electron chi connectivity index (χ4n) is 1.67. The summed E-state index contributed by atoms with van der Waals surface area (Å²) in [6.45, 7) is 7.48. The number of nitrogens with zero attached hydrogens (tertiary/aromatic N) is 2. The van der Waals surface area contributed by atoms with Crippen LogP contribution in [-0.2, 0) is 21.0 Å². The van der Waals surface area contributed by atoms with Crippen LogP contribution >= 0.6 is 0 Å². The van der Waals surface area contributed by atoms with Crippen LogP contribution in [0.5, 0.6) is 0 Å². The zero-order valence-corrected chi connectivity index (χ0v) is 14.9. The summed E-state index contributed by atoms with van der Waals surface area (Å²) in [5, 5.41) is 9.64. The van der Waals surface area contributed by atoms with E-state index < -0.39 is 21.5 Å². The second kappa shape index (κ2) is 8.28. The molecule has 1 aromatic rings. The molecular weight excluding hydrogens is 322 g/mol. The number of rotatable bonds is 8. The number of unbranched alkanes of at least 4 members (excludes halogenated alkanes) is 2. The molecule has 1 rings (SSSR count). The van der Waals surface area contributed by atoms with Crippen molar-refractivity contribution in [2.75, 3.05) is 12.3 Å². The molecule has 0 fully saturated rings. The number of sulfone groups is 1. The first-order chi connectivity index (χ1) is 10.6. The summed E-state index contributed by atoms with van der Waals surface area (Å²) in [6.07, 6.45) is 2.48. The maximum Gasteiger partial charge on any atom is 0.407 e. The fourth-order valence-corrected chi connectivity index (χ4v) is 2.31. The molecule has 9 heteroatoms. The van der Waals surface area contributed by atoms with E-state index in [0.717, 1.165) is 19.3 Å². The van der Waals surface area contributed by atoms with Crippen molar-refractivity contribution in [3.8, 4) is 0 Å². The number of aromatic nitrogens is 2. The molecule has 8 nitrogen and oxygen atoms in total. The average Bonchev–Trinajstić information content (AvgIpc) is 2.90. The zero-order chi connectivity index (χ0) is 17.5. The lowest BCUT2D eigenvalue weighted by Crippen LogP contribution is -2.32. The molecule has 0 aliphatic rings. The van der Waals surface area contributed by atoms with Crippen LogP contribution in [-0.4, -0.2) is 42.6 Å². The van der Waals surface area contributed by atoms with Crippen molar-refractivity contribution in [2.45, 2.75) is 64.2 Å². The lowest BCUT2D eigenvalue weighted by Gasteiger charge is -2.19. The van der Waals surface area contributed by atoms with Crippen LogP contribution in [0, 0.1) is 0 Å². The van der Waals surface area contributed by atoms with E-state index in [9.17, 15) is 13.2 Å². The van der Waals surface area contributed by atoms with Crippen LogP contribution in [0.15, 0.2) is 9.64 Å². The summed E-state index contributed by atoms with van der Waals surface area (Å²) in [4.78, 5) is 11.4. The summed E-state index contributed by atoms with van der Waals surface area (Å²) < 4.78 is 33.3. The number of hydrogen-bond donors (Lipinski definition) is 1. The summed E-state index contributed by atoms with van der Waals surface area (Å²) in [6, 6.07) is 0. The van der Waals surface area contributed by atoms with Crippen LogP contribution in [0.2, 0.25) is 0 Å². The molecule has 0 unspecified atom stereocenters. The number of alkyl carbamates (subject to hydrolysis) is 1. The molecule has 0 spiro atoms. The molecule has 0 saturated heterocycles. The largest absolute Gasteiger partial charge is 0.444 e. The molecule has 1 N–H and O–H groups in total. The minimum absolute atomic E-state index is 0.0645. The molecule has 132 valence electrons. The monoisotopic (exact) mass is 347 g/mol. The summed E-state index contributed by atoms with van der Waals surface area (Å²) in [7, 11) is -3.44. The normalized spacial score (nSPS) is 12.2. The quantitative estimate of drug-likeness (QED) is 0.717. The van der Waals surface area contributed by atoms with Gasteiger partial charge in [0.25, 0.3) is 0 Å². The highest BCUT2D eigenvalue weighted by molar-refractivity contribution is 7.91. The van der Waals surface area contributed by atoms with Crippen LogP contribution in [0.4, 0.5) is 4.79 Å². The number of aryl methyl sites for hydroxylation is 1. The van der Waals surface area contributed by atoms with E-state index in [4.69, 9.17) is 9.15 Å². The highest BCUT2D eigenvalue weighted by Gasteiger charge is 2.19. The Kier molecular flexibility index (Phi) is 6.99. The molecule has 0 atom stereocenters. The van der Waals surface area contributed by atoms with E-state index >= 15 is 0 Å². The molecule has 0 radical (unpaired) electrons. The van der Waals surface area contributed by atoms with Gasteiger partial charge in [0, 0.05) is 13.0 Å². The van der Waals surface area contributed by atoms with Gasteiger partial charge in [-0.15, -0.1) is 5.10 Å². The Morgan fingerprint density at radius 1 is 1.22 bits per heavy atom. The van der Waals surface area contributed by atoms with Crippen LogP contribution in [0.3, 0.4) is 0 Å². The maximum absolute atomic E-state index is 11.5. The number of hydrogen-bond acceptors (Lipinski definition) is 7. The predicted molar refractivity (Wildman–Crippen MR) is 83.8 cm³/mol. The SMILES string of the molecule is CCS(=O)(=O)c1nnc(CCCCCNC(=O)OC(C)(C)C)o1. The molecule has 1 aromatic heterocycles. The van der Waals surface area contributed by atoms with Crippen molar-refractivity contribution in [2.24, 2.45) is 0 Å². The third-order valence-electron chi connectivity index (χ3n) is 2.83. The van der Waals surface area contributed by atoms with Gasteiger partial charge in [-0.2, -0.15) is 0 Å². The number of carbonyl (C=O) groups is 1. The predicted octanol–water partition coefficient (Wildman–Crippen LogP) is 2.10. The zero-order valence-electron chi connectivity index (χ0n) is 14.1. The van der Waals surface area contributed by atoms with Crippen LogP contribution in [0.1, 0.15) is 52.8 Å². The van der Waals surface area contributed by atoms with Gasteiger partial charge in [0.1, 0.15) is 5.60 Å². The van der Waals surface area contributed by atoms with Crippen LogP contribution < -0.4 is 5.32 Å². The van der Waals surface area contributed by atoms with Crippen molar-refractivity contribution < 1.29 is 22.4 Å². The van der Waals surface area contributed by atoms with Crippen molar-refractivity contribution in [1.29, 1.82) is 0 Å². The molecule has 0 aliphatic carbocycles. The van der Waals surface area contributed by atoms with Gasteiger partial charge in [0.05, 0.1) is 5.75 Å². The highest BCUT2D eigenvalue weighted by atomic mass is 32.2. The minimum atomic E-state index is -3.44. The Hall–Kier alpha value is -1.64. The van der Waals surface area contributed by atoms with E-state index in [0.29, 0.717) is 18.9 Å². The van der Waals surface area contributed by atoms with Crippen LogP contribution in [0.25, 0.3) is 0 Å². The number of nitrogens with one attached hydrogen (secondary N) is 1. The molecule has 0 aliphatic heterocycles. The molecule has 0 bridgehead atoms. The second-order valence-corrected chi connectivity index (χ2v) is 8.26. The maximum atomic E-state index is 11.5. The van der Waals surface area contributed by atoms with E-state index in [-0.39, 0.29) is 11.0 Å². The number of carbonyl (C=O) groups excluding carboxylic acids is 1. The first-order valence-corrected chi connectivity index (χ1v) is 9.31. The molecule has 1 heterocycles. The summed E-state index contributed by atoms with van der Waals surface area (Å²) in [5.74, 6) is 0.252. The van der Waals surface area contributed by atoms with Gasteiger partial charge in [0.2, 0.25) is 15.7 Å². The van der Waals surface area contributed by atoms with Gasteiger partial charge in [-0.1, -0.05) is 18.4 Å². The Morgan fingerprint density at radius 3 is 2.52 bits per heavy atom. The van der Waals surface area contributed by atoms with E-state index in [1.807, 2.05) is 20.8 Å². The summed E-state index contributed by atoms with van der Waals surface area (Å²) in [5.41, 5.74) is -0.501. The standard InChI is InChI=1S/C14H25N3O5S/c1-5-23(19,20)13-17-16-11(21-13)9-7-6-8-10-15-12(18)22-14(2,3)4/h5-10H2,1-4H3,(H,15,18). The topological polar surface area (TPSA) is 111 Å². The molecule has 23 heavy (non-hydrogen) atoms. The molecule has 0 aromatic carbocycles. The Morgan fingerprint density at radius 2 is 1.91 bits per heavy atom. The third kappa shape index (κ3) is 7.45. The number of amides is 1. The second-order valence-electron chi connectivity index (χ2n) is 6.10. The van der Waals surface area contributed by atoms with E-state index in [2.05, 4.69) is 15.5 Å². The smallest absolute Gasteiger partial charge is 0.407 e. The van der Waals surface area contributed by atoms with E-state index in [1.54, 1.807) is 0 Å². The lowest BCUT2D eigenvalue weighted by molar-refractivity contribution is 0.0527. The first kappa shape index (κ1) is 19.4. The fraction of sp³-hybridized carbons (Fsp3) is 0.786. The van der Waals surface area contributed by atoms with Gasteiger partial charge < -0.3 is 14.5 Å². The van der Waals surface area contributed by atoms with Gasteiger partial charge >= 0.3 is 11.3 Å². The Balaban J connectivity index is 2.20. The first-order valence-electron chi connectivity index (χ1n) is 7.66. The number of ether oxygens (including phenoxy) is 1. The lowest BCUT2D eigenvalue weighted by atomic mass is 10.2. The minimum Gasteiger partial charge on any atom is -0.444 e. The van der Waals surface area contributed by atoms with Gasteiger partial charge in [0.15, 0.2) is 0 Å². The van der Waals surface area contributed by atoms with Crippen molar-refractivity contribution in [3.05, 3.63) is 5.89 Å². The summed E-state index contributed by atoms with van der Waals surface area (Å²) >= 11 is 0. The van der Waals surface area contributed by atoms with Crippen molar-refractivity contribution in [3.63, 3.8) is 0 Å². The Labute approximate surface area is 136 Å². The van der Waals surface area contributed by atoms with Crippen molar-refractivity contribution >= 4 is 15.9 Å². The Bertz CT molecular complexity index is 604. The molecular formula is C14H25N3O5S. The molecule has 0 saturated carbocycles. The third-order valence-corrected chi connectivity index (χ3v) is 4.29. The van der Waals surface area contributed by atoms with Gasteiger partial charge in [-0.25, -0.2) is 13.2 Å². The highest BCUT2D eigenvalue weighted by Crippen LogP contribution is 2.11.